The summed E-state index contributed by atoms with van der Waals surface area (Å²) in [5.74, 6) is 0.177. The maximum absolute atomic E-state index is 12.7. The lowest BCUT2D eigenvalue weighted by Crippen LogP contribution is -2.29. The van der Waals surface area contributed by atoms with Gasteiger partial charge >= 0.3 is 0 Å². The van der Waals surface area contributed by atoms with Crippen LogP contribution in [0.4, 0.5) is 5.13 Å². The number of carbonyl (C=O) groups is 2. The molecule has 2 N–H and O–H groups in total. The van der Waals surface area contributed by atoms with Crippen molar-refractivity contribution in [3.63, 3.8) is 0 Å². The lowest BCUT2D eigenvalue weighted by Gasteiger charge is -2.15. The van der Waals surface area contributed by atoms with E-state index in [1.165, 1.54) is 29.2 Å². The third kappa shape index (κ3) is 6.51. The van der Waals surface area contributed by atoms with Gasteiger partial charge in [0.2, 0.25) is 5.91 Å². The monoisotopic (exact) mass is 574 g/mol. The van der Waals surface area contributed by atoms with Crippen LogP contribution in [0.15, 0.2) is 53.7 Å². The van der Waals surface area contributed by atoms with E-state index < -0.39 is 6.04 Å². The molecule has 0 spiro atoms. The molecule has 0 bridgehead atoms. The van der Waals surface area contributed by atoms with E-state index in [4.69, 9.17) is 23.2 Å². The number of rotatable bonds is 9. The lowest BCUT2D eigenvalue weighted by molar-refractivity contribution is -0.113. The molecular formula is C25H24Cl2N6O2S2. The van der Waals surface area contributed by atoms with Crippen LogP contribution in [0.25, 0.3) is 11.3 Å². The van der Waals surface area contributed by atoms with Crippen molar-refractivity contribution in [2.75, 3.05) is 11.1 Å². The van der Waals surface area contributed by atoms with Crippen LogP contribution in [-0.4, -0.2) is 37.3 Å². The Kier molecular flexibility index (Phi) is 8.86. The van der Waals surface area contributed by atoms with Gasteiger partial charge in [-0.1, -0.05) is 65.3 Å². The summed E-state index contributed by atoms with van der Waals surface area (Å²) < 4.78 is 1.87. The lowest BCUT2D eigenvalue weighted by atomic mass is 10.1. The molecule has 4 rings (SSSR count). The molecule has 8 nitrogen and oxygen atoms in total. The Morgan fingerprint density at radius 1 is 1.14 bits per heavy atom. The van der Waals surface area contributed by atoms with E-state index >= 15 is 0 Å². The van der Waals surface area contributed by atoms with Gasteiger partial charge in [-0.15, -0.1) is 21.5 Å². The number of halogens is 2. The summed E-state index contributed by atoms with van der Waals surface area (Å²) in [4.78, 5) is 31.0. The molecular weight excluding hydrogens is 551 g/mol. The smallest absolute Gasteiger partial charge is 0.253 e. The zero-order chi connectivity index (χ0) is 26.5. The maximum Gasteiger partial charge on any atom is 0.253 e. The first kappa shape index (κ1) is 27.1. The summed E-state index contributed by atoms with van der Waals surface area (Å²) in [6, 6.07) is 14.1. The third-order valence-corrected chi connectivity index (χ3v) is 7.80. The van der Waals surface area contributed by atoms with Crippen molar-refractivity contribution in [2.24, 2.45) is 0 Å². The molecule has 2 aromatic carbocycles. The average molecular weight is 576 g/mol. The zero-order valence-corrected chi connectivity index (χ0v) is 23.4. The van der Waals surface area contributed by atoms with Crippen LogP contribution in [0, 0.1) is 6.92 Å². The first-order chi connectivity index (χ1) is 17.8. The number of amides is 2. The minimum atomic E-state index is -0.440. The highest BCUT2D eigenvalue weighted by molar-refractivity contribution is 7.99. The van der Waals surface area contributed by atoms with Crippen molar-refractivity contribution in [2.45, 2.75) is 38.5 Å². The average Bonchev–Trinajstić information content (AvgIpc) is 3.45. The van der Waals surface area contributed by atoms with Gasteiger partial charge in [0, 0.05) is 22.0 Å². The summed E-state index contributed by atoms with van der Waals surface area (Å²) in [5, 5.41) is 16.1. The molecule has 0 fully saturated rings. The van der Waals surface area contributed by atoms with E-state index in [0.29, 0.717) is 33.2 Å². The summed E-state index contributed by atoms with van der Waals surface area (Å²) >= 11 is 14.8. The SMILES string of the molecule is CCn1c(SCC(=O)Nc2nc(-c3ccccc3)c(C)s2)nnc1[C@@H](C)NC(=O)c1ccc(Cl)cc1Cl. The van der Waals surface area contributed by atoms with Crippen molar-refractivity contribution in [3.05, 3.63) is 74.8 Å². The van der Waals surface area contributed by atoms with Gasteiger partial charge in [0.1, 0.15) is 0 Å². The number of thiazole rings is 1. The molecule has 0 aliphatic rings. The molecule has 1 atom stereocenters. The number of aromatic nitrogens is 4. The van der Waals surface area contributed by atoms with Gasteiger partial charge in [0.15, 0.2) is 16.1 Å². The predicted octanol–water partition coefficient (Wildman–Crippen LogP) is 6.26. The number of anilines is 1. The molecule has 0 unspecified atom stereocenters. The van der Waals surface area contributed by atoms with Crippen molar-refractivity contribution >= 4 is 63.2 Å². The Morgan fingerprint density at radius 3 is 2.59 bits per heavy atom. The predicted molar refractivity (Wildman–Crippen MR) is 150 cm³/mol. The second-order valence-electron chi connectivity index (χ2n) is 8.03. The number of carbonyl (C=O) groups excluding carboxylic acids is 2. The van der Waals surface area contributed by atoms with E-state index in [-0.39, 0.29) is 22.6 Å². The Hall–Kier alpha value is -2.92. The van der Waals surface area contributed by atoms with Gasteiger partial charge in [0.25, 0.3) is 5.91 Å². The fourth-order valence-electron chi connectivity index (χ4n) is 3.64. The highest BCUT2D eigenvalue weighted by Crippen LogP contribution is 2.30. The minimum absolute atomic E-state index is 0.137. The molecule has 0 aliphatic heterocycles. The van der Waals surface area contributed by atoms with E-state index in [1.54, 1.807) is 12.1 Å². The minimum Gasteiger partial charge on any atom is -0.342 e. The number of thioether (sulfide) groups is 1. The second kappa shape index (κ2) is 12.1. The van der Waals surface area contributed by atoms with Crippen molar-refractivity contribution in [1.82, 2.24) is 25.1 Å². The number of nitrogens with zero attached hydrogens (tertiary/aromatic N) is 4. The second-order valence-corrected chi connectivity index (χ2v) is 11.0. The fourth-order valence-corrected chi connectivity index (χ4v) is 5.79. The first-order valence-electron chi connectivity index (χ1n) is 11.4. The fraction of sp³-hybridized carbons (Fsp3) is 0.240. The molecule has 0 aliphatic carbocycles. The molecule has 192 valence electrons. The van der Waals surface area contributed by atoms with Crippen LogP contribution < -0.4 is 10.6 Å². The van der Waals surface area contributed by atoms with E-state index in [9.17, 15) is 9.59 Å². The number of aryl methyl sites for hydroxylation is 1. The van der Waals surface area contributed by atoms with Crippen molar-refractivity contribution < 1.29 is 9.59 Å². The Balaban J connectivity index is 1.38. The van der Waals surface area contributed by atoms with Crippen LogP contribution in [0.3, 0.4) is 0 Å². The van der Waals surface area contributed by atoms with Crippen LogP contribution in [0.5, 0.6) is 0 Å². The molecule has 4 aromatic rings. The maximum atomic E-state index is 12.7. The van der Waals surface area contributed by atoms with Gasteiger partial charge < -0.3 is 15.2 Å². The van der Waals surface area contributed by atoms with Gasteiger partial charge in [0.05, 0.1) is 28.1 Å². The first-order valence-corrected chi connectivity index (χ1v) is 14.0. The highest BCUT2D eigenvalue weighted by atomic mass is 35.5. The summed E-state index contributed by atoms with van der Waals surface area (Å²) in [5.41, 5.74) is 2.19. The quantitative estimate of drug-likeness (QED) is 0.229. The molecule has 0 saturated carbocycles. The van der Waals surface area contributed by atoms with Crippen molar-refractivity contribution in [1.29, 1.82) is 0 Å². The zero-order valence-electron chi connectivity index (χ0n) is 20.3. The Labute approximate surface area is 232 Å². The number of nitrogens with one attached hydrogen (secondary N) is 2. The Morgan fingerprint density at radius 2 is 1.89 bits per heavy atom. The van der Waals surface area contributed by atoms with Gasteiger partial charge in [-0.3, -0.25) is 9.59 Å². The van der Waals surface area contributed by atoms with Crippen LogP contribution in [0.2, 0.25) is 10.0 Å². The molecule has 2 amide bonds. The largest absolute Gasteiger partial charge is 0.342 e. The summed E-state index contributed by atoms with van der Waals surface area (Å²) in [6.07, 6.45) is 0. The number of hydrogen-bond donors (Lipinski definition) is 2. The number of hydrogen-bond acceptors (Lipinski definition) is 7. The molecule has 2 heterocycles. The highest BCUT2D eigenvalue weighted by Gasteiger charge is 2.21. The van der Waals surface area contributed by atoms with Gasteiger partial charge in [-0.2, -0.15) is 0 Å². The Bertz CT molecular complexity index is 1420. The van der Waals surface area contributed by atoms with Crippen molar-refractivity contribution in [3.8, 4) is 11.3 Å². The molecule has 12 heteroatoms. The van der Waals surface area contributed by atoms with Crippen LogP contribution >= 0.6 is 46.3 Å². The van der Waals surface area contributed by atoms with Crippen LogP contribution in [-0.2, 0) is 11.3 Å². The van der Waals surface area contributed by atoms with Gasteiger partial charge in [-0.25, -0.2) is 4.98 Å². The van der Waals surface area contributed by atoms with Gasteiger partial charge in [-0.05, 0) is 39.0 Å². The molecule has 0 saturated heterocycles. The van der Waals surface area contributed by atoms with E-state index in [0.717, 1.165) is 16.1 Å². The number of benzene rings is 2. The van der Waals surface area contributed by atoms with Crippen LogP contribution in [0.1, 0.15) is 40.9 Å². The summed E-state index contributed by atoms with van der Waals surface area (Å²) in [6.45, 7) is 6.32. The van der Waals surface area contributed by atoms with E-state index in [2.05, 4.69) is 25.8 Å². The molecule has 2 aromatic heterocycles. The molecule has 0 radical (unpaired) electrons. The summed E-state index contributed by atoms with van der Waals surface area (Å²) in [7, 11) is 0. The standard InChI is InChI=1S/C25H24Cl2N6O2S2/c1-4-33-22(14(2)28-23(35)18-11-10-17(26)12-19(18)27)31-32-25(33)36-13-20(34)29-24-30-21(15(3)37-24)16-8-6-5-7-9-16/h5-12,14H,4,13H2,1-3H3,(H,28,35)(H,29,30,34)/t14-/m1/s1. The third-order valence-electron chi connectivity index (χ3n) is 5.39. The molecule has 37 heavy (non-hydrogen) atoms. The topological polar surface area (TPSA) is 102 Å². The normalized spacial score (nSPS) is 11.8. The van der Waals surface area contributed by atoms with E-state index in [1.807, 2.05) is 55.7 Å².